The van der Waals surface area contributed by atoms with Crippen LogP contribution in [0.3, 0.4) is 0 Å². The third kappa shape index (κ3) is 3.98. The average molecular weight is 272 g/mol. The fourth-order valence-electron chi connectivity index (χ4n) is 1.72. The molecule has 0 aliphatic rings. The van der Waals surface area contributed by atoms with E-state index in [-0.39, 0.29) is 11.8 Å². The van der Waals surface area contributed by atoms with Gasteiger partial charge in [-0.2, -0.15) is 0 Å². The first kappa shape index (κ1) is 13.9. The molecular weight excluding hydrogens is 256 g/mol. The number of urea groups is 1. The molecular formula is C15H16N2O3. The molecule has 1 heterocycles. The molecule has 0 unspecified atom stereocenters. The van der Waals surface area contributed by atoms with Gasteiger partial charge >= 0.3 is 6.03 Å². The summed E-state index contributed by atoms with van der Waals surface area (Å²) in [7, 11) is 0. The normalized spacial score (nSPS) is 10.1. The number of carbonyl (C=O) groups excluding carboxylic acids is 2. The zero-order valence-electron chi connectivity index (χ0n) is 11.2. The zero-order chi connectivity index (χ0) is 14.4. The summed E-state index contributed by atoms with van der Waals surface area (Å²) in [5.74, 6) is 0.829. The number of anilines is 1. The molecule has 0 saturated carbocycles. The molecule has 0 aliphatic heterocycles. The highest BCUT2D eigenvalue weighted by molar-refractivity contribution is 5.95. The van der Waals surface area contributed by atoms with E-state index in [4.69, 9.17) is 4.42 Å². The maximum atomic E-state index is 11.6. The minimum Gasteiger partial charge on any atom is -0.469 e. The molecule has 0 spiro atoms. The molecule has 20 heavy (non-hydrogen) atoms. The third-order valence-corrected chi connectivity index (χ3v) is 2.79. The SMILES string of the molecule is CC(=O)c1ccc(NC(=O)NCCc2ccco2)cc1. The Kier molecular flexibility index (Phi) is 4.55. The van der Waals surface area contributed by atoms with Crippen molar-refractivity contribution in [2.75, 3.05) is 11.9 Å². The van der Waals surface area contributed by atoms with Gasteiger partial charge in [0.25, 0.3) is 0 Å². The van der Waals surface area contributed by atoms with E-state index in [9.17, 15) is 9.59 Å². The van der Waals surface area contributed by atoms with Crippen molar-refractivity contribution < 1.29 is 14.0 Å². The molecule has 2 rings (SSSR count). The molecule has 1 aromatic carbocycles. The van der Waals surface area contributed by atoms with E-state index in [1.165, 1.54) is 6.92 Å². The number of amides is 2. The number of carbonyl (C=O) groups is 2. The second-order valence-corrected chi connectivity index (χ2v) is 4.34. The summed E-state index contributed by atoms with van der Waals surface area (Å²) in [6.45, 7) is 1.99. The number of benzene rings is 1. The molecule has 104 valence electrons. The van der Waals surface area contributed by atoms with Crippen LogP contribution in [0.5, 0.6) is 0 Å². The van der Waals surface area contributed by atoms with E-state index in [0.29, 0.717) is 24.2 Å². The molecule has 2 aromatic rings. The predicted molar refractivity (Wildman–Crippen MR) is 75.9 cm³/mol. The first-order chi connectivity index (χ1) is 9.65. The summed E-state index contributed by atoms with van der Waals surface area (Å²) in [4.78, 5) is 22.8. The summed E-state index contributed by atoms with van der Waals surface area (Å²) in [6.07, 6.45) is 2.25. The number of ketones is 1. The van der Waals surface area contributed by atoms with Gasteiger partial charge < -0.3 is 15.1 Å². The lowest BCUT2D eigenvalue weighted by atomic mass is 10.1. The predicted octanol–water partition coefficient (Wildman–Crippen LogP) is 2.85. The van der Waals surface area contributed by atoms with Gasteiger partial charge in [0.15, 0.2) is 5.78 Å². The Labute approximate surface area is 117 Å². The highest BCUT2D eigenvalue weighted by Crippen LogP contribution is 2.09. The highest BCUT2D eigenvalue weighted by atomic mass is 16.3. The minimum atomic E-state index is -0.285. The van der Waals surface area contributed by atoms with Crippen molar-refractivity contribution in [1.82, 2.24) is 5.32 Å². The standard InChI is InChI=1S/C15H16N2O3/c1-11(18)12-4-6-13(7-5-12)17-15(19)16-9-8-14-3-2-10-20-14/h2-7,10H,8-9H2,1H3,(H2,16,17,19). The van der Waals surface area contributed by atoms with Gasteiger partial charge in [0.2, 0.25) is 0 Å². The summed E-state index contributed by atoms with van der Waals surface area (Å²) in [6, 6.07) is 10.1. The fraction of sp³-hybridized carbons (Fsp3) is 0.200. The number of Topliss-reactive ketones (excluding diaryl/α,β-unsaturated/α-hetero) is 1. The van der Waals surface area contributed by atoms with E-state index in [1.807, 2.05) is 12.1 Å². The lowest BCUT2D eigenvalue weighted by molar-refractivity contribution is 0.101. The monoisotopic (exact) mass is 272 g/mol. The van der Waals surface area contributed by atoms with Crippen LogP contribution in [0.25, 0.3) is 0 Å². The van der Waals surface area contributed by atoms with E-state index in [2.05, 4.69) is 10.6 Å². The molecule has 0 aliphatic carbocycles. The van der Waals surface area contributed by atoms with Crippen molar-refractivity contribution in [2.45, 2.75) is 13.3 Å². The van der Waals surface area contributed by atoms with Crippen LogP contribution in [-0.2, 0) is 6.42 Å². The van der Waals surface area contributed by atoms with E-state index in [0.717, 1.165) is 5.76 Å². The van der Waals surface area contributed by atoms with Crippen molar-refractivity contribution in [3.05, 3.63) is 54.0 Å². The van der Waals surface area contributed by atoms with Gasteiger partial charge in [-0.05, 0) is 43.3 Å². The molecule has 0 radical (unpaired) electrons. The average Bonchev–Trinajstić information content (AvgIpc) is 2.92. The van der Waals surface area contributed by atoms with Crippen LogP contribution >= 0.6 is 0 Å². The third-order valence-electron chi connectivity index (χ3n) is 2.79. The van der Waals surface area contributed by atoms with Crippen LogP contribution in [0.4, 0.5) is 10.5 Å². The van der Waals surface area contributed by atoms with Crippen LogP contribution < -0.4 is 10.6 Å². The summed E-state index contributed by atoms with van der Waals surface area (Å²) in [5, 5.41) is 5.43. The van der Waals surface area contributed by atoms with Crippen LogP contribution in [-0.4, -0.2) is 18.4 Å². The Morgan fingerprint density at radius 3 is 2.50 bits per heavy atom. The van der Waals surface area contributed by atoms with Crippen molar-refractivity contribution in [1.29, 1.82) is 0 Å². The Bertz CT molecular complexity index is 574. The molecule has 5 nitrogen and oxygen atoms in total. The Hall–Kier alpha value is -2.56. The molecule has 0 fully saturated rings. The Morgan fingerprint density at radius 2 is 1.90 bits per heavy atom. The topological polar surface area (TPSA) is 71.3 Å². The second-order valence-electron chi connectivity index (χ2n) is 4.34. The van der Waals surface area contributed by atoms with Gasteiger partial charge in [-0.1, -0.05) is 0 Å². The van der Waals surface area contributed by atoms with Crippen molar-refractivity contribution >= 4 is 17.5 Å². The first-order valence-electron chi connectivity index (χ1n) is 6.33. The van der Waals surface area contributed by atoms with Crippen molar-refractivity contribution in [3.8, 4) is 0 Å². The van der Waals surface area contributed by atoms with Gasteiger partial charge in [-0.3, -0.25) is 4.79 Å². The van der Waals surface area contributed by atoms with Crippen LogP contribution in [0.2, 0.25) is 0 Å². The van der Waals surface area contributed by atoms with Crippen LogP contribution in [0.15, 0.2) is 47.1 Å². The van der Waals surface area contributed by atoms with Gasteiger partial charge in [0, 0.05) is 24.2 Å². The maximum Gasteiger partial charge on any atom is 0.319 e. The smallest absolute Gasteiger partial charge is 0.319 e. The molecule has 0 saturated heterocycles. The number of hydrogen-bond donors (Lipinski definition) is 2. The molecule has 1 aromatic heterocycles. The minimum absolute atomic E-state index is 0.000510. The lowest BCUT2D eigenvalue weighted by Gasteiger charge is -2.07. The molecule has 0 bridgehead atoms. The first-order valence-corrected chi connectivity index (χ1v) is 6.33. The van der Waals surface area contributed by atoms with E-state index in [1.54, 1.807) is 30.5 Å². The quantitative estimate of drug-likeness (QED) is 0.822. The zero-order valence-corrected chi connectivity index (χ0v) is 11.2. The maximum absolute atomic E-state index is 11.6. The van der Waals surface area contributed by atoms with Crippen molar-refractivity contribution in [3.63, 3.8) is 0 Å². The number of rotatable bonds is 5. The van der Waals surface area contributed by atoms with Crippen LogP contribution in [0, 0.1) is 0 Å². The highest BCUT2D eigenvalue weighted by Gasteiger charge is 2.03. The number of nitrogens with one attached hydrogen (secondary N) is 2. The summed E-state index contributed by atoms with van der Waals surface area (Å²) >= 11 is 0. The molecule has 0 atom stereocenters. The lowest BCUT2D eigenvalue weighted by Crippen LogP contribution is -2.30. The molecule has 2 amide bonds. The van der Waals surface area contributed by atoms with E-state index < -0.39 is 0 Å². The van der Waals surface area contributed by atoms with E-state index >= 15 is 0 Å². The Balaban J connectivity index is 1.77. The van der Waals surface area contributed by atoms with Gasteiger partial charge in [-0.25, -0.2) is 4.79 Å². The molecule has 2 N–H and O–H groups in total. The fourth-order valence-corrected chi connectivity index (χ4v) is 1.72. The van der Waals surface area contributed by atoms with Crippen LogP contribution in [0.1, 0.15) is 23.0 Å². The van der Waals surface area contributed by atoms with Gasteiger partial charge in [0.05, 0.1) is 6.26 Å². The molecule has 5 heteroatoms. The summed E-state index contributed by atoms with van der Waals surface area (Å²) in [5.41, 5.74) is 1.26. The summed E-state index contributed by atoms with van der Waals surface area (Å²) < 4.78 is 5.17. The van der Waals surface area contributed by atoms with Gasteiger partial charge in [-0.15, -0.1) is 0 Å². The number of hydrogen-bond acceptors (Lipinski definition) is 3. The number of furan rings is 1. The van der Waals surface area contributed by atoms with Crippen molar-refractivity contribution in [2.24, 2.45) is 0 Å². The largest absolute Gasteiger partial charge is 0.469 e. The van der Waals surface area contributed by atoms with Gasteiger partial charge in [0.1, 0.15) is 5.76 Å². The Morgan fingerprint density at radius 1 is 1.15 bits per heavy atom. The second kappa shape index (κ2) is 6.56.